The highest BCUT2D eigenvalue weighted by Crippen LogP contribution is 2.43. The van der Waals surface area contributed by atoms with Gasteiger partial charge in [0.15, 0.2) is 0 Å². The van der Waals surface area contributed by atoms with E-state index >= 15 is 0 Å². The molecule has 1 aromatic rings. The lowest BCUT2D eigenvalue weighted by Gasteiger charge is -2.32. The zero-order chi connectivity index (χ0) is 14.3. The van der Waals surface area contributed by atoms with Crippen LogP contribution in [0.15, 0.2) is 18.2 Å². The Labute approximate surface area is 120 Å². The van der Waals surface area contributed by atoms with E-state index in [0.717, 1.165) is 18.9 Å². The van der Waals surface area contributed by atoms with Crippen LogP contribution in [0.4, 0.5) is 4.79 Å². The number of rotatable bonds is 1. The van der Waals surface area contributed by atoms with Gasteiger partial charge in [-0.2, -0.15) is 0 Å². The van der Waals surface area contributed by atoms with Crippen LogP contribution in [0.3, 0.4) is 0 Å². The maximum Gasteiger partial charge on any atom is 0.410 e. The molecule has 1 fully saturated rings. The number of fused-ring (bicyclic) bond motifs is 1. The Balaban J connectivity index is 1.79. The van der Waals surface area contributed by atoms with Crippen molar-refractivity contribution in [2.24, 2.45) is 0 Å². The van der Waals surface area contributed by atoms with Crippen LogP contribution in [0.5, 0.6) is 0 Å². The molecule has 1 aliphatic carbocycles. The third-order valence-corrected chi connectivity index (χ3v) is 3.98. The molecule has 1 aliphatic heterocycles. The van der Waals surface area contributed by atoms with Crippen molar-refractivity contribution in [1.29, 1.82) is 0 Å². The molecule has 0 N–H and O–H groups in total. The lowest BCUT2D eigenvalue weighted by atomic mass is 9.93. The van der Waals surface area contributed by atoms with E-state index in [2.05, 4.69) is 18.2 Å². The van der Waals surface area contributed by atoms with Crippen LogP contribution < -0.4 is 0 Å². The predicted molar refractivity (Wildman–Crippen MR) is 78.8 cm³/mol. The van der Waals surface area contributed by atoms with Crippen molar-refractivity contribution < 1.29 is 9.53 Å². The highest BCUT2D eigenvalue weighted by atomic mass is 16.6. The summed E-state index contributed by atoms with van der Waals surface area (Å²) >= 11 is 0. The molecule has 3 rings (SSSR count). The molecule has 1 saturated carbocycles. The summed E-state index contributed by atoms with van der Waals surface area (Å²) in [5, 5.41) is 0. The van der Waals surface area contributed by atoms with E-state index in [1.165, 1.54) is 29.5 Å². The molecule has 0 unspecified atom stereocenters. The molecule has 3 heteroatoms. The molecule has 2 aliphatic rings. The van der Waals surface area contributed by atoms with Crippen LogP contribution in [-0.4, -0.2) is 23.1 Å². The molecular formula is C17H23NO2. The number of nitrogens with zero attached hydrogens (tertiary/aromatic N) is 1. The fraction of sp³-hybridized carbons (Fsp3) is 0.588. The number of carbonyl (C=O) groups excluding carboxylic acids is 1. The Morgan fingerprint density at radius 1 is 1.30 bits per heavy atom. The van der Waals surface area contributed by atoms with Gasteiger partial charge in [-0.15, -0.1) is 0 Å². The molecule has 1 heterocycles. The zero-order valence-electron chi connectivity index (χ0n) is 12.6. The van der Waals surface area contributed by atoms with Crippen LogP contribution in [0, 0.1) is 0 Å². The molecule has 3 nitrogen and oxygen atoms in total. The maximum atomic E-state index is 12.2. The van der Waals surface area contributed by atoms with Gasteiger partial charge in [0.2, 0.25) is 0 Å². The van der Waals surface area contributed by atoms with Crippen LogP contribution >= 0.6 is 0 Å². The summed E-state index contributed by atoms with van der Waals surface area (Å²) in [6, 6.07) is 6.60. The van der Waals surface area contributed by atoms with Gasteiger partial charge in [-0.25, -0.2) is 4.79 Å². The summed E-state index contributed by atoms with van der Waals surface area (Å²) in [7, 11) is 0. The van der Waals surface area contributed by atoms with Crippen molar-refractivity contribution in [2.75, 3.05) is 6.54 Å². The lowest BCUT2D eigenvalue weighted by molar-refractivity contribution is 0.0223. The first kappa shape index (κ1) is 13.5. The van der Waals surface area contributed by atoms with Crippen LogP contribution in [0.1, 0.15) is 56.2 Å². The minimum atomic E-state index is -0.423. The molecule has 0 aromatic heterocycles. The largest absolute Gasteiger partial charge is 0.444 e. The predicted octanol–water partition coefficient (Wildman–Crippen LogP) is 3.86. The average molecular weight is 273 g/mol. The standard InChI is InChI=1S/C17H23NO2/c1-17(2,3)20-16(19)18-10-9-12-5-4-6-14(13-7-8-13)15(12)11-18/h4-6,13H,7-11H2,1-3H3. The monoisotopic (exact) mass is 273 g/mol. The number of carbonyl (C=O) groups is 1. The van der Waals surface area contributed by atoms with E-state index in [0.29, 0.717) is 6.54 Å². The fourth-order valence-electron chi connectivity index (χ4n) is 2.87. The quantitative estimate of drug-likeness (QED) is 0.777. The Bertz CT molecular complexity index is 526. The molecule has 0 bridgehead atoms. The molecule has 0 radical (unpaired) electrons. The van der Waals surface area contributed by atoms with E-state index in [1.54, 1.807) is 0 Å². The van der Waals surface area contributed by atoms with Gasteiger partial charge < -0.3 is 9.64 Å². The molecule has 0 spiro atoms. The third kappa shape index (κ3) is 2.82. The topological polar surface area (TPSA) is 29.5 Å². The molecule has 0 atom stereocenters. The van der Waals surface area contributed by atoms with Gasteiger partial charge in [0.25, 0.3) is 0 Å². The molecule has 1 aromatic carbocycles. The van der Waals surface area contributed by atoms with Gasteiger partial charge in [-0.05, 0) is 62.6 Å². The van der Waals surface area contributed by atoms with Crippen LogP contribution in [0.2, 0.25) is 0 Å². The van der Waals surface area contributed by atoms with Gasteiger partial charge in [-0.3, -0.25) is 0 Å². The minimum absolute atomic E-state index is 0.186. The minimum Gasteiger partial charge on any atom is -0.444 e. The van der Waals surface area contributed by atoms with Crippen molar-refractivity contribution in [1.82, 2.24) is 4.90 Å². The van der Waals surface area contributed by atoms with Crippen molar-refractivity contribution >= 4 is 6.09 Å². The summed E-state index contributed by atoms with van der Waals surface area (Å²) in [4.78, 5) is 14.1. The molecule has 20 heavy (non-hydrogen) atoms. The summed E-state index contributed by atoms with van der Waals surface area (Å²) in [5.74, 6) is 0.725. The zero-order valence-corrected chi connectivity index (χ0v) is 12.6. The Kier molecular flexibility index (Phi) is 3.23. The summed E-state index contributed by atoms with van der Waals surface area (Å²) in [6.07, 6.45) is 3.34. The van der Waals surface area contributed by atoms with E-state index in [-0.39, 0.29) is 6.09 Å². The second-order valence-electron chi connectivity index (χ2n) is 6.91. The smallest absolute Gasteiger partial charge is 0.410 e. The normalized spacial score (nSPS) is 18.6. The number of hydrogen-bond acceptors (Lipinski definition) is 2. The Morgan fingerprint density at radius 3 is 2.70 bits per heavy atom. The Hall–Kier alpha value is -1.51. The van der Waals surface area contributed by atoms with Crippen molar-refractivity contribution in [3.8, 4) is 0 Å². The first-order valence-corrected chi connectivity index (χ1v) is 7.52. The maximum absolute atomic E-state index is 12.2. The Morgan fingerprint density at radius 2 is 2.05 bits per heavy atom. The van der Waals surface area contributed by atoms with Crippen molar-refractivity contribution in [3.05, 3.63) is 34.9 Å². The van der Waals surface area contributed by atoms with E-state index in [1.807, 2.05) is 25.7 Å². The second kappa shape index (κ2) is 4.80. The SMILES string of the molecule is CC(C)(C)OC(=O)N1CCc2cccc(C3CC3)c2C1. The van der Waals surface area contributed by atoms with Gasteiger partial charge in [0.05, 0.1) is 0 Å². The van der Waals surface area contributed by atoms with E-state index in [4.69, 9.17) is 4.74 Å². The second-order valence-corrected chi connectivity index (χ2v) is 6.91. The highest BCUT2D eigenvalue weighted by molar-refractivity contribution is 5.69. The van der Waals surface area contributed by atoms with Crippen molar-refractivity contribution in [2.45, 2.75) is 58.1 Å². The van der Waals surface area contributed by atoms with E-state index < -0.39 is 5.60 Å². The lowest BCUT2D eigenvalue weighted by Crippen LogP contribution is -2.40. The number of hydrogen-bond donors (Lipinski definition) is 0. The van der Waals surface area contributed by atoms with Gasteiger partial charge >= 0.3 is 6.09 Å². The first-order valence-electron chi connectivity index (χ1n) is 7.52. The van der Waals surface area contributed by atoms with Gasteiger partial charge in [0.1, 0.15) is 5.60 Å². The van der Waals surface area contributed by atoms with Crippen molar-refractivity contribution in [3.63, 3.8) is 0 Å². The average Bonchev–Trinajstić information content (AvgIpc) is 3.19. The third-order valence-electron chi connectivity index (χ3n) is 3.98. The molecule has 1 amide bonds. The number of amides is 1. The van der Waals surface area contributed by atoms with Gasteiger partial charge in [-0.1, -0.05) is 18.2 Å². The number of ether oxygens (including phenoxy) is 1. The van der Waals surface area contributed by atoms with Crippen LogP contribution in [0.25, 0.3) is 0 Å². The summed E-state index contributed by atoms with van der Waals surface area (Å²) in [6.45, 7) is 7.21. The summed E-state index contributed by atoms with van der Waals surface area (Å²) in [5.41, 5.74) is 3.81. The molecule has 0 saturated heterocycles. The number of benzene rings is 1. The highest BCUT2D eigenvalue weighted by Gasteiger charge is 2.31. The summed E-state index contributed by atoms with van der Waals surface area (Å²) < 4.78 is 5.50. The molecule has 108 valence electrons. The van der Waals surface area contributed by atoms with Crippen LogP contribution in [-0.2, 0) is 17.7 Å². The fourth-order valence-corrected chi connectivity index (χ4v) is 2.87. The first-order chi connectivity index (χ1) is 9.44. The van der Waals surface area contributed by atoms with E-state index in [9.17, 15) is 4.79 Å². The molecular weight excluding hydrogens is 250 g/mol. The van der Waals surface area contributed by atoms with Gasteiger partial charge in [0, 0.05) is 13.1 Å².